The summed E-state index contributed by atoms with van der Waals surface area (Å²) in [6, 6.07) is 3.43. The maximum Gasteiger partial charge on any atom is 0.416 e. The van der Waals surface area contributed by atoms with Gasteiger partial charge in [-0.05, 0) is 39.3 Å². The lowest BCUT2D eigenvalue weighted by molar-refractivity contribution is -0.118. The maximum atomic E-state index is 12.3. The number of nitrogens with one attached hydrogen (secondary N) is 2. The van der Waals surface area contributed by atoms with Gasteiger partial charge in [-0.3, -0.25) is 9.69 Å². The van der Waals surface area contributed by atoms with E-state index in [1.807, 2.05) is 20.8 Å². The van der Waals surface area contributed by atoms with E-state index in [2.05, 4.69) is 15.6 Å². The lowest BCUT2D eigenvalue weighted by Crippen LogP contribution is -2.41. The van der Waals surface area contributed by atoms with Crippen molar-refractivity contribution in [3.05, 3.63) is 12.1 Å². The van der Waals surface area contributed by atoms with Crippen molar-refractivity contribution in [3.8, 4) is 5.75 Å². The molecule has 31 heavy (non-hydrogen) atoms. The zero-order valence-electron chi connectivity index (χ0n) is 17.8. The second-order valence-electron chi connectivity index (χ2n) is 8.79. The highest BCUT2D eigenvalue weighted by Crippen LogP contribution is 2.30. The average molecular weight is 433 g/mol. The number of nitrogens with zero attached hydrogens (tertiary/aromatic N) is 3. The first-order valence-corrected chi connectivity index (χ1v) is 10.3. The molecule has 0 saturated carbocycles. The fourth-order valence-electron chi connectivity index (χ4n) is 3.64. The van der Waals surface area contributed by atoms with Crippen molar-refractivity contribution < 1.29 is 28.6 Å². The summed E-state index contributed by atoms with van der Waals surface area (Å²) < 4.78 is 16.2. The van der Waals surface area contributed by atoms with E-state index in [1.54, 1.807) is 17.0 Å². The standard InChI is InChI=1S/C20H27N5O6/c1-20(2,3)31-18(27)24-7-6-12(9-24)21-8-13-10-25(19(28)30-13)15-5-4-14-17(22-15)23-16(26)11-29-14/h4-5,12-13,21H,6-11H2,1-3H3,(H,22,23,26)/t12?,13-/m0/s1. The van der Waals surface area contributed by atoms with Crippen LogP contribution in [-0.4, -0.2) is 78.5 Å². The minimum atomic E-state index is -0.524. The number of aromatic nitrogens is 1. The van der Waals surface area contributed by atoms with Gasteiger partial charge in [0.05, 0.1) is 6.54 Å². The summed E-state index contributed by atoms with van der Waals surface area (Å²) in [5.74, 6) is 0.843. The Kier molecular flexibility index (Phi) is 5.61. The van der Waals surface area contributed by atoms with Crippen LogP contribution in [-0.2, 0) is 14.3 Å². The Hall–Kier alpha value is -3.08. The van der Waals surface area contributed by atoms with Crippen molar-refractivity contribution in [2.24, 2.45) is 0 Å². The van der Waals surface area contributed by atoms with Crippen LogP contribution >= 0.6 is 0 Å². The Morgan fingerprint density at radius 2 is 2.13 bits per heavy atom. The molecule has 1 aromatic heterocycles. The van der Waals surface area contributed by atoms with Crippen molar-refractivity contribution in [1.82, 2.24) is 15.2 Å². The van der Waals surface area contributed by atoms with E-state index in [9.17, 15) is 14.4 Å². The molecule has 2 fully saturated rings. The smallest absolute Gasteiger partial charge is 0.416 e. The Bertz CT molecular complexity index is 885. The van der Waals surface area contributed by atoms with E-state index in [0.717, 1.165) is 6.42 Å². The Balaban J connectivity index is 1.28. The Morgan fingerprint density at radius 1 is 1.32 bits per heavy atom. The predicted molar refractivity (Wildman–Crippen MR) is 110 cm³/mol. The van der Waals surface area contributed by atoms with Gasteiger partial charge in [-0.15, -0.1) is 0 Å². The topological polar surface area (TPSA) is 122 Å². The number of rotatable bonds is 4. The first-order valence-electron chi connectivity index (χ1n) is 10.3. The number of amides is 3. The molecular formula is C20H27N5O6. The van der Waals surface area contributed by atoms with E-state index < -0.39 is 11.7 Å². The number of fused-ring (bicyclic) bond motifs is 1. The first kappa shape index (κ1) is 21.2. The second-order valence-corrected chi connectivity index (χ2v) is 8.79. The zero-order valence-corrected chi connectivity index (χ0v) is 17.8. The van der Waals surface area contributed by atoms with Gasteiger partial charge in [0.25, 0.3) is 5.91 Å². The van der Waals surface area contributed by atoms with Crippen molar-refractivity contribution in [2.45, 2.75) is 44.9 Å². The van der Waals surface area contributed by atoms with E-state index in [1.165, 1.54) is 4.90 Å². The van der Waals surface area contributed by atoms with Gasteiger partial charge in [-0.25, -0.2) is 14.6 Å². The van der Waals surface area contributed by atoms with E-state index in [-0.39, 0.29) is 36.6 Å². The minimum Gasteiger partial charge on any atom is -0.480 e. The van der Waals surface area contributed by atoms with Gasteiger partial charge in [0.2, 0.25) is 0 Å². The summed E-state index contributed by atoms with van der Waals surface area (Å²) >= 11 is 0. The molecule has 0 spiro atoms. The molecule has 0 bridgehead atoms. The number of ether oxygens (including phenoxy) is 3. The largest absolute Gasteiger partial charge is 0.480 e. The number of likely N-dealkylation sites (tertiary alicyclic amines) is 1. The number of cyclic esters (lactones) is 1. The molecule has 1 aromatic rings. The SMILES string of the molecule is CC(C)(C)OC(=O)N1CCC(NC[C@H]2CN(c3ccc4c(n3)NC(=O)CO4)C(=O)O2)C1. The van der Waals surface area contributed by atoms with Gasteiger partial charge in [0.1, 0.15) is 17.5 Å². The summed E-state index contributed by atoms with van der Waals surface area (Å²) in [4.78, 5) is 43.4. The molecule has 3 aliphatic heterocycles. The number of hydrogen-bond donors (Lipinski definition) is 2. The fourth-order valence-corrected chi connectivity index (χ4v) is 3.64. The van der Waals surface area contributed by atoms with Crippen LogP contribution in [0.15, 0.2) is 12.1 Å². The highest BCUT2D eigenvalue weighted by atomic mass is 16.6. The van der Waals surface area contributed by atoms with Gasteiger partial charge >= 0.3 is 12.2 Å². The number of anilines is 2. The lowest BCUT2D eigenvalue weighted by Gasteiger charge is -2.24. The third-order valence-electron chi connectivity index (χ3n) is 5.08. The Labute approximate surface area is 180 Å². The summed E-state index contributed by atoms with van der Waals surface area (Å²) in [5.41, 5.74) is -0.524. The summed E-state index contributed by atoms with van der Waals surface area (Å²) in [6.45, 7) is 7.43. The molecule has 11 heteroatoms. The first-order chi connectivity index (χ1) is 14.7. The van der Waals surface area contributed by atoms with Crippen LogP contribution in [0.4, 0.5) is 21.2 Å². The van der Waals surface area contributed by atoms with Gasteiger partial charge in [0.15, 0.2) is 18.2 Å². The van der Waals surface area contributed by atoms with E-state index in [0.29, 0.717) is 37.7 Å². The van der Waals surface area contributed by atoms with Crippen LogP contribution in [0.2, 0.25) is 0 Å². The Morgan fingerprint density at radius 3 is 2.90 bits per heavy atom. The summed E-state index contributed by atoms with van der Waals surface area (Å²) in [6.07, 6.45) is -0.365. The predicted octanol–water partition coefficient (Wildman–Crippen LogP) is 1.34. The number of carbonyl (C=O) groups excluding carboxylic acids is 3. The van der Waals surface area contributed by atoms with Crippen molar-refractivity contribution in [1.29, 1.82) is 0 Å². The number of pyridine rings is 1. The van der Waals surface area contributed by atoms with Gasteiger partial charge in [-0.2, -0.15) is 0 Å². The summed E-state index contributed by atoms with van der Waals surface area (Å²) in [5, 5.41) is 6.00. The van der Waals surface area contributed by atoms with Crippen LogP contribution in [0, 0.1) is 0 Å². The van der Waals surface area contributed by atoms with Crippen molar-refractivity contribution in [3.63, 3.8) is 0 Å². The third-order valence-corrected chi connectivity index (χ3v) is 5.08. The van der Waals surface area contributed by atoms with E-state index in [4.69, 9.17) is 14.2 Å². The molecule has 3 aliphatic rings. The molecule has 0 aliphatic carbocycles. The number of hydrogen-bond acceptors (Lipinski definition) is 8. The van der Waals surface area contributed by atoms with Crippen LogP contribution in [0.3, 0.4) is 0 Å². The highest BCUT2D eigenvalue weighted by molar-refractivity contribution is 5.95. The molecule has 11 nitrogen and oxygen atoms in total. The minimum absolute atomic E-state index is 0.0555. The van der Waals surface area contributed by atoms with Crippen LogP contribution in [0.5, 0.6) is 5.75 Å². The maximum absolute atomic E-state index is 12.3. The normalized spacial score (nSPS) is 23.2. The molecule has 3 amide bonds. The molecule has 1 unspecified atom stereocenters. The average Bonchev–Trinajstić information content (AvgIpc) is 3.31. The second kappa shape index (κ2) is 8.22. The quantitative estimate of drug-likeness (QED) is 0.729. The van der Waals surface area contributed by atoms with Crippen LogP contribution in [0.25, 0.3) is 0 Å². The highest BCUT2D eigenvalue weighted by Gasteiger charge is 2.35. The molecule has 0 aromatic carbocycles. The molecule has 4 rings (SSSR count). The van der Waals surface area contributed by atoms with Gasteiger partial charge in [-0.1, -0.05) is 0 Å². The fraction of sp³-hybridized carbons (Fsp3) is 0.600. The molecule has 168 valence electrons. The van der Waals surface area contributed by atoms with Crippen LogP contribution in [0.1, 0.15) is 27.2 Å². The van der Waals surface area contributed by atoms with Crippen molar-refractivity contribution >= 4 is 29.7 Å². The molecule has 2 saturated heterocycles. The molecular weight excluding hydrogens is 406 g/mol. The molecule has 0 radical (unpaired) electrons. The lowest BCUT2D eigenvalue weighted by atomic mass is 10.2. The van der Waals surface area contributed by atoms with Gasteiger partial charge in [0, 0.05) is 25.7 Å². The molecule has 2 atom stereocenters. The zero-order chi connectivity index (χ0) is 22.2. The van der Waals surface area contributed by atoms with Crippen molar-refractivity contribution in [2.75, 3.05) is 43.0 Å². The monoisotopic (exact) mass is 433 g/mol. The molecule has 2 N–H and O–H groups in total. The molecule has 4 heterocycles. The van der Waals surface area contributed by atoms with Crippen LogP contribution < -0.4 is 20.3 Å². The summed E-state index contributed by atoms with van der Waals surface area (Å²) in [7, 11) is 0. The van der Waals surface area contributed by atoms with E-state index >= 15 is 0 Å². The third kappa shape index (κ3) is 4.98. The van der Waals surface area contributed by atoms with Gasteiger partial charge < -0.3 is 29.7 Å². The number of carbonyl (C=O) groups is 3.